The van der Waals surface area contributed by atoms with Gasteiger partial charge < -0.3 is 5.11 Å². The van der Waals surface area contributed by atoms with Crippen molar-refractivity contribution in [2.45, 2.75) is 30.4 Å². The normalized spacial score (nSPS) is 17.2. The Balaban J connectivity index is 1.90. The van der Waals surface area contributed by atoms with Crippen LogP contribution in [0.25, 0.3) is 0 Å². The van der Waals surface area contributed by atoms with E-state index in [0.717, 1.165) is 22.9 Å². The fraction of sp³-hybridized carbons (Fsp3) is 0.211. The summed E-state index contributed by atoms with van der Waals surface area (Å²) in [7, 11) is 0. The van der Waals surface area contributed by atoms with Crippen molar-refractivity contribution in [2.75, 3.05) is 4.90 Å². The minimum atomic E-state index is -1.05. The molecule has 1 unspecified atom stereocenters. The van der Waals surface area contributed by atoms with Gasteiger partial charge in [0.15, 0.2) is 0 Å². The fourth-order valence-electron chi connectivity index (χ4n) is 2.83. The van der Waals surface area contributed by atoms with E-state index in [1.54, 1.807) is 24.3 Å². The van der Waals surface area contributed by atoms with E-state index in [1.807, 2.05) is 26.0 Å². The molecule has 0 saturated carbocycles. The maximum Gasteiger partial charge on any atom is 0.336 e. The molecule has 0 spiro atoms. The number of hydrogen-bond acceptors (Lipinski definition) is 4. The number of anilines is 1. The fourth-order valence-corrected chi connectivity index (χ4v) is 4.00. The lowest BCUT2D eigenvalue weighted by atomic mass is 10.1. The predicted molar refractivity (Wildman–Crippen MR) is 96.1 cm³/mol. The second-order valence-corrected chi connectivity index (χ2v) is 7.14. The summed E-state index contributed by atoms with van der Waals surface area (Å²) in [5.41, 5.74) is 2.63. The standard InChI is InChI=1S/C19H17NO4S/c1-11-6-5-8-14(12(11)2)20-17(21)10-16(18(20)22)25-15-9-4-3-7-13(15)19(23)24/h3-9,16H,10H2,1-2H3,(H,23,24). The number of imide groups is 1. The molecule has 0 radical (unpaired) electrons. The molecule has 0 aliphatic carbocycles. The topological polar surface area (TPSA) is 74.7 Å². The van der Waals surface area contributed by atoms with Gasteiger partial charge >= 0.3 is 5.97 Å². The Bertz CT molecular complexity index is 877. The van der Waals surface area contributed by atoms with Crippen LogP contribution in [0.2, 0.25) is 0 Å². The molecule has 6 heteroatoms. The number of carbonyl (C=O) groups excluding carboxylic acids is 2. The first-order valence-electron chi connectivity index (χ1n) is 7.82. The SMILES string of the molecule is Cc1cccc(N2C(=O)CC(Sc3ccccc3C(=O)O)C2=O)c1C. The monoisotopic (exact) mass is 355 g/mol. The summed E-state index contributed by atoms with van der Waals surface area (Å²) in [6.07, 6.45) is 0.0604. The van der Waals surface area contributed by atoms with Crippen LogP contribution in [0.4, 0.5) is 5.69 Å². The number of nitrogens with zero attached hydrogens (tertiary/aromatic N) is 1. The molecule has 2 aromatic rings. The first-order chi connectivity index (χ1) is 11.9. The van der Waals surface area contributed by atoms with Gasteiger partial charge in [-0.05, 0) is 43.2 Å². The highest BCUT2D eigenvalue weighted by atomic mass is 32.2. The number of carboxylic acid groups (broad SMARTS) is 1. The quantitative estimate of drug-likeness (QED) is 0.851. The van der Waals surface area contributed by atoms with Gasteiger partial charge in [0.05, 0.1) is 16.5 Å². The zero-order chi connectivity index (χ0) is 18.1. The van der Waals surface area contributed by atoms with Crippen LogP contribution in [0.3, 0.4) is 0 Å². The van der Waals surface area contributed by atoms with Crippen molar-refractivity contribution in [1.29, 1.82) is 0 Å². The van der Waals surface area contributed by atoms with Crippen molar-refractivity contribution >= 4 is 35.2 Å². The molecule has 1 N–H and O–H groups in total. The molecule has 1 aliphatic heterocycles. The highest BCUT2D eigenvalue weighted by Crippen LogP contribution is 2.36. The number of amides is 2. The summed E-state index contributed by atoms with van der Waals surface area (Å²) in [6, 6.07) is 12.0. The summed E-state index contributed by atoms with van der Waals surface area (Å²) in [4.78, 5) is 38.3. The van der Waals surface area contributed by atoms with Crippen LogP contribution in [0.5, 0.6) is 0 Å². The van der Waals surface area contributed by atoms with E-state index in [2.05, 4.69) is 0 Å². The second kappa shape index (κ2) is 6.72. The number of hydrogen-bond donors (Lipinski definition) is 1. The van der Waals surface area contributed by atoms with E-state index in [-0.39, 0.29) is 23.8 Å². The smallest absolute Gasteiger partial charge is 0.336 e. The first-order valence-corrected chi connectivity index (χ1v) is 8.70. The summed E-state index contributed by atoms with van der Waals surface area (Å²) in [5.74, 6) is -1.61. The minimum Gasteiger partial charge on any atom is -0.478 e. The van der Waals surface area contributed by atoms with E-state index in [9.17, 15) is 19.5 Å². The van der Waals surface area contributed by atoms with Gasteiger partial charge in [-0.25, -0.2) is 9.69 Å². The van der Waals surface area contributed by atoms with Gasteiger partial charge in [0.25, 0.3) is 0 Å². The van der Waals surface area contributed by atoms with Crippen LogP contribution in [0.15, 0.2) is 47.4 Å². The molecule has 1 heterocycles. The Morgan fingerprint density at radius 3 is 2.56 bits per heavy atom. The third kappa shape index (κ3) is 3.17. The number of rotatable bonds is 4. The van der Waals surface area contributed by atoms with Crippen LogP contribution < -0.4 is 4.90 Å². The van der Waals surface area contributed by atoms with Crippen LogP contribution in [-0.4, -0.2) is 28.1 Å². The summed E-state index contributed by atoms with van der Waals surface area (Å²) >= 11 is 1.13. The number of carboxylic acids is 1. The summed E-state index contributed by atoms with van der Waals surface area (Å²) in [5, 5.41) is 8.66. The highest BCUT2D eigenvalue weighted by molar-refractivity contribution is 8.00. The van der Waals surface area contributed by atoms with Crippen molar-refractivity contribution in [2.24, 2.45) is 0 Å². The highest BCUT2D eigenvalue weighted by Gasteiger charge is 2.41. The molecule has 128 valence electrons. The molecule has 2 amide bonds. The minimum absolute atomic E-state index is 0.0604. The van der Waals surface area contributed by atoms with Gasteiger partial charge in [-0.2, -0.15) is 0 Å². The van der Waals surface area contributed by atoms with Crippen molar-refractivity contribution in [3.63, 3.8) is 0 Å². The molecule has 25 heavy (non-hydrogen) atoms. The maximum atomic E-state index is 12.8. The number of benzene rings is 2. The van der Waals surface area contributed by atoms with E-state index in [4.69, 9.17) is 0 Å². The average molecular weight is 355 g/mol. The van der Waals surface area contributed by atoms with Gasteiger partial charge in [-0.1, -0.05) is 24.3 Å². The van der Waals surface area contributed by atoms with Crippen molar-refractivity contribution < 1.29 is 19.5 Å². The third-order valence-electron chi connectivity index (χ3n) is 4.31. The van der Waals surface area contributed by atoms with Crippen LogP contribution in [0, 0.1) is 13.8 Å². The van der Waals surface area contributed by atoms with E-state index in [1.165, 1.54) is 11.0 Å². The van der Waals surface area contributed by atoms with Crippen LogP contribution in [-0.2, 0) is 9.59 Å². The van der Waals surface area contributed by atoms with E-state index in [0.29, 0.717) is 10.6 Å². The maximum absolute atomic E-state index is 12.8. The van der Waals surface area contributed by atoms with Crippen molar-refractivity contribution in [3.05, 3.63) is 59.2 Å². The average Bonchev–Trinajstić information content (AvgIpc) is 2.85. The molecule has 1 saturated heterocycles. The van der Waals surface area contributed by atoms with Gasteiger partial charge in [-0.3, -0.25) is 9.59 Å². The summed E-state index contributed by atoms with van der Waals surface area (Å²) in [6.45, 7) is 3.81. The molecule has 1 fully saturated rings. The Morgan fingerprint density at radius 2 is 1.84 bits per heavy atom. The first kappa shape index (κ1) is 17.2. The molecule has 0 aromatic heterocycles. The third-order valence-corrected chi connectivity index (χ3v) is 5.57. The lowest BCUT2D eigenvalue weighted by molar-refractivity contribution is -0.121. The van der Waals surface area contributed by atoms with E-state index >= 15 is 0 Å². The number of aromatic carboxylic acids is 1. The zero-order valence-corrected chi connectivity index (χ0v) is 14.7. The van der Waals surface area contributed by atoms with Crippen molar-refractivity contribution in [3.8, 4) is 0 Å². The van der Waals surface area contributed by atoms with Crippen LogP contribution in [0.1, 0.15) is 27.9 Å². The van der Waals surface area contributed by atoms with Crippen molar-refractivity contribution in [1.82, 2.24) is 0 Å². The molecule has 1 aliphatic rings. The largest absolute Gasteiger partial charge is 0.478 e. The predicted octanol–water partition coefficient (Wildman–Crippen LogP) is 3.43. The number of thioether (sulfide) groups is 1. The molecule has 3 rings (SSSR count). The van der Waals surface area contributed by atoms with E-state index < -0.39 is 11.2 Å². The van der Waals surface area contributed by atoms with Gasteiger partial charge in [0.2, 0.25) is 11.8 Å². The molecule has 1 atom stereocenters. The van der Waals surface area contributed by atoms with Crippen LogP contribution >= 0.6 is 11.8 Å². The Hall–Kier alpha value is -2.60. The Morgan fingerprint density at radius 1 is 1.12 bits per heavy atom. The number of aryl methyl sites for hydroxylation is 1. The number of carbonyl (C=O) groups is 3. The lowest BCUT2D eigenvalue weighted by Gasteiger charge is -2.18. The molecule has 2 aromatic carbocycles. The van der Waals surface area contributed by atoms with Gasteiger partial charge in [-0.15, -0.1) is 11.8 Å². The molecular weight excluding hydrogens is 338 g/mol. The molecule has 0 bridgehead atoms. The molecular formula is C19H17NO4S. The Kier molecular flexibility index (Phi) is 4.63. The summed E-state index contributed by atoms with van der Waals surface area (Å²) < 4.78 is 0. The van der Waals surface area contributed by atoms with Gasteiger partial charge in [0.1, 0.15) is 0 Å². The second-order valence-electron chi connectivity index (χ2n) is 5.90. The Labute approximate surface area is 149 Å². The molecule has 5 nitrogen and oxygen atoms in total. The van der Waals surface area contributed by atoms with Gasteiger partial charge in [0, 0.05) is 11.3 Å². The lowest BCUT2D eigenvalue weighted by Crippen LogP contribution is -2.31. The zero-order valence-electron chi connectivity index (χ0n) is 13.9.